The Labute approximate surface area is 130 Å². The number of amides is 1. The van der Waals surface area contributed by atoms with Crippen molar-refractivity contribution in [1.82, 2.24) is 14.9 Å². The zero-order valence-electron chi connectivity index (χ0n) is 12.7. The first-order valence-electron chi connectivity index (χ1n) is 8.26. The van der Waals surface area contributed by atoms with Crippen LogP contribution in [0.3, 0.4) is 0 Å². The van der Waals surface area contributed by atoms with Crippen molar-refractivity contribution in [2.45, 2.75) is 37.9 Å². The lowest BCUT2D eigenvalue weighted by atomic mass is 9.91. The number of aromatic nitrogens is 2. The summed E-state index contributed by atoms with van der Waals surface area (Å²) in [6, 6.07) is 1.93. The first-order chi connectivity index (χ1) is 10.8. The van der Waals surface area contributed by atoms with Crippen molar-refractivity contribution in [1.29, 1.82) is 0 Å². The summed E-state index contributed by atoms with van der Waals surface area (Å²) in [4.78, 5) is 25.0. The van der Waals surface area contributed by atoms with E-state index in [1.54, 1.807) is 12.5 Å². The number of piperidine rings is 1. The SMILES string of the molecule is O=C([C@@H]1C[C@H]2CCN(c3ccncn3)C[C@@H]2O1)N1CCCC1. The molecule has 3 saturated heterocycles. The molecule has 3 aliphatic rings. The fourth-order valence-corrected chi connectivity index (χ4v) is 3.91. The van der Waals surface area contributed by atoms with Gasteiger partial charge in [-0.2, -0.15) is 0 Å². The van der Waals surface area contributed by atoms with E-state index in [4.69, 9.17) is 4.74 Å². The van der Waals surface area contributed by atoms with Gasteiger partial charge in [-0.05, 0) is 37.7 Å². The van der Waals surface area contributed by atoms with Gasteiger partial charge in [0, 0.05) is 32.4 Å². The molecular formula is C16H22N4O2. The van der Waals surface area contributed by atoms with Gasteiger partial charge < -0.3 is 14.5 Å². The Hall–Kier alpha value is -1.69. The second-order valence-corrected chi connectivity index (χ2v) is 6.49. The average molecular weight is 302 g/mol. The number of carbonyl (C=O) groups excluding carboxylic acids is 1. The van der Waals surface area contributed by atoms with Gasteiger partial charge in [-0.3, -0.25) is 4.79 Å². The monoisotopic (exact) mass is 302 g/mol. The second kappa shape index (κ2) is 5.83. The van der Waals surface area contributed by atoms with E-state index in [1.165, 1.54) is 0 Å². The highest BCUT2D eigenvalue weighted by Crippen LogP contribution is 2.35. The van der Waals surface area contributed by atoms with E-state index in [9.17, 15) is 4.79 Å². The Kier molecular flexibility index (Phi) is 3.70. The van der Waals surface area contributed by atoms with Crippen LogP contribution in [0.4, 0.5) is 5.82 Å². The van der Waals surface area contributed by atoms with Gasteiger partial charge in [0.05, 0.1) is 6.10 Å². The molecule has 0 radical (unpaired) electrons. The van der Waals surface area contributed by atoms with Crippen LogP contribution in [0.5, 0.6) is 0 Å². The number of rotatable bonds is 2. The van der Waals surface area contributed by atoms with Crippen LogP contribution in [0, 0.1) is 5.92 Å². The van der Waals surface area contributed by atoms with E-state index in [2.05, 4.69) is 14.9 Å². The maximum Gasteiger partial charge on any atom is 0.251 e. The number of ether oxygens (including phenoxy) is 1. The predicted molar refractivity (Wildman–Crippen MR) is 81.4 cm³/mol. The molecule has 0 aliphatic carbocycles. The summed E-state index contributed by atoms with van der Waals surface area (Å²) in [5, 5.41) is 0. The van der Waals surface area contributed by atoms with Gasteiger partial charge in [0.1, 0.15) is 18.2 Å². The van der Waals surface area contributed by atoms with Crippen LogP contribution in [-0.4, -0.2) is 59.2 Å². The fourth-order valence-electron chi connectivity index (χ4n) is 3.91. The number of likely N-dealkylation sites (tertiary alicyclic amines) is 1. The third kappa shape index (κ3) is 2.56. The molecule has 0 N–H and O–H groups in total. The van der Waals surface area contributed by atoms with E-state index in [0.717, 1.165) is 57.7 Å². The lowest BCUT2D eigenvalue weighted by Crippen LogP contribution is -2.43. The number of fused-ring (bicyclic) bond motifs is 1. The molecule has 118 valence electrons. The van der Waals surface area contributed by atoms with Crippen molar-refractivity contribution in [2.75, 3.05) is 31.1 Å². The van der Waals surface area contributed by atoms with Crippen molar-refractivity contribution in [2.24, 2.45) is 5.92 Å². The van der Waals surface area contributed by atoms with Crippen molar-refractivity contribution < 1.29 is 9.53 Å². The van der Waals surface area contributed by atoms with Gasteiger partial charge in [-0.1, -0.05) is 0 Å². The first kappa shape index (κ1) is 13.9. The van der Waals surface area contributed by atoms with E-state index in [1.807, 2.05) is 11.0 Å². The molecule has 4 heterocycles. The molecule has 22 heavy (non-hydrogen) atoms. The highest BCUT2D eigenvalue weighted by Gasteiger charge is 2.43. The first-order valence-corrected chi connectivity index (χ1v) is 8.26. The highest BCUT2D eigenvalue weighted by molar-refractivity contribution is 5.81. The molecule has 6 nitrogen and oxygen atoms in total. The second-order valence-electron chi connectivity index (χ2n) is 6.49. The van der Waals surface area contributed by atoms with Crippen LogP contribution >= 0.6 is 0 Å². The molecule has 3 atom stereocenters. The Morgan fingerprint density at radius 2 is 2.14 bits per heavy atom. The Bertz CT molecular complexity index is 532. The summed E-state index contributed by atoms with van der Waals surface area (Å²) in [7, 11) is 0. The zero-order valence-corrected chi connectivity index (χ0v) is 12.7. The summed E-state index contributed by atoms with van der Waals surface area (Å²) >= 11 is 0. The Balaban J connectivity index is 1.40. The summed E-state index contributed by atoms with van der Waals surface area (Å²) in [5.41, 5.74) is 0. The summed E-state index contributed by atoms with van der Waals surface area (Å²) < 4.78 is 6.12. The molecule has 0 saturated carbocycles. The maximum absolute atomic E-state index is 12.5. The third-order valence-electron chi connectivity index (χ3n) is 5.14. The normalized spacial score (nSPS) is 31.4. The number of anilines is 1. The van der Waals surface area contributed by atoms with Crippen LogP contribution in [-0.2, 0) is 9.53 Å². The van der Waals surface area contributed by atoms with Gasteiger partial charge in [-0.15, -0.1) is 0 Å². The maximum atomic E-state index is 12.5. The smallest absolute Gasteiger partial charge is 0.251 e. The van der Waals surface area contributed by atoms with E-state index >= 15 is 0 Å². The summed E-state index contributed by atoms with van der Waals surface area (Å²) in [6.45, 7) is 3.61. The lowest BCUT2D eigenvalue weighted by Gasteiger charge is -2.34. The van der Waals surface area contributed by atoms with Crippen LogP contribution in [0.2, 0.25) is 0 Å². The molecule has 6 heteroatoms. The highest BCUT2D eigenvalue weighted by atomic mass is 16.5. The molecule has 1 aromatic rings. The molecule has 4 rings (SSSR count). The minimum atomic E-state index is -0.224. The lowest BCUT2D eigenvalue weighted by molar-refractivity contribution is -0.141. The largest absolute Gasteiger partial charge is 0.363 e. The van der Waals surface area contributed by atoms with E-state index in [0.29, 0.717) is 5.92 Å². The van der Waals surface area contributed by atoms with Crippen molar-refractivity contribution >= 4 is 11.7 Å². The quantitative estimate of drug-likeness (QED) is 0.818. The van der Waals surface area contributed by atoms with Gasteiger partial charge in [0.25, 0.3) is 5.91 Å². The zero-order chi connectivity index (χ0) is 14.9. The molecule has 3 fully saturated rings. The van der Waals surface area contributed by atoms with E-state index < -0.39 is 0 Å². The Morgan fingerprint density at radius 1 is 1.27 bits per heavy atom. The molecule has 3 aliphatic heterocycles. The molecule has 0 bridgehead atoms. The Morgan fingerprint density at radius 3 is 2.91 bits per heavy atom. The van der Waals surface area contributed by atoms with Crippen LogP contribution in [0.15, 0.2) is 18.6 Å². The van der Waals surface area contributed by atoms with Gasteiger partial charge in [0.2, 0.25) is 0 Å². The van der Waals surface area contributed by atoms with Crippen LogP contribution in [0.25, 0.3) is 0 Å². The standard InChI is InChI=1S/C16H22N4O2/c21-16(19-6-1-2-7-19)13-9-12-4-8-20(10-14(12)22-13)15-3-5-17-11-18-15/h3,5,11-14H,1-2,4,6-10H2/t12-,13+,14+/m1/s1. The van der Waals surface area contributed by atoms with Crippen molar-refractivity contribution in [3.8, 4) is 0 Å². The predicted octanol–water partition coefficient (Wildman–Crippen LogP) is 1.08. The number of nitrogens with zero attached hydrogens (tertiary/aromatic N) is 4. The molecular weight excluding hydrogens is 280 g/mol. The number of hydrogen-bond donors (Lipinski definition) is 0. The van der Waals surface area contributed by atoms with Crippen molar-refractivity contribution in [3.63, 3.8) is 0 Å². The molecule has 1 aromatic heterocycles. The minimum Gasteiger partial charge on any atom is -0.363 e. The number of hydrogen-bond acceptors (Lipinski definition) is 5. The average Bonchev–Trinajstić information content (AvgIpc) is 3.23. The molecule has 0 aromatic carbocycles. The fraction of sp³-hybridized carbons (Fsp3) is 0.688. The topological polar surface area (TPSA) is 58.6 Å². The van der Waals surface area contributed by atoms with Gasteiger partial charge >= 0.3 is 0 Å². The molecule has 1 amide bonds. The summed E-state index contributed by atoms with van der Waals surface area (Å²) in [6.07, 6.45) is 7.49. The summed E-state index contributed by atoms with van der Waals surface area (Å²) in [5.74, 6) is 1.67. The molecule has 0 spiro atoms. The van der Waals surface area contributed by atoms with Crippen molar-refractivity contribution in [3.05, 3.63) is 18.6 Å². The third-order valence-corrected chi connectivity index (χ3v) is 5.14. The van der Waals surface area contributed by atoms with Crippen LogP contribution in [0.1, 0.15) is 25.7 Å². The van der Waals surface area contributed by atoms with Crippen LogP contribution < -0.4 is 4.90 Å². The van der Waals surface area contributed by atoms with E-state index in [-0.39, 0.29) is 18.1 Å². The minimum absolute atomic E-state index is 0.153. The van der Waals surface area contributed by atoms with Gasteiger partial charge in [-0.25, -0.2) is 9.97 Å². The molecule has 0 unspecified atom stereocenters. The number of carbonyl (C=O) groups is 1. The van der Waals surface area contributed by atoms with Gasteiger partial charge in [0.15, 0.2) is 0 Å².